The molecule has 0 atom stereocenters. The Morgan fingerprint density at radius 2 is 1.63 bits per heavy atom. The third-order valence-electron chi connectivity index (χ3n) is 6.08. The summed E-state index contributed by atoms with van der Waals surface area (Å²) in [5.41, 5.74) is 3.20. The van der Waals surface area contributed by atoms with Gasteiger partial charge in [0.2, 0.25) is 15.9 Å². The smallest absolute Gasteiger partial charge is 0.266 e. The molecule has 0 bridgehead atoms. The molecular weight excluding hydrogens is 520 g/mol. The largest absolute Gasteiger partial charge is 0.355 e. The number of nitrogens with one attached hydrogen (secondary N) is 1. The van der Waals surface area contributed by atoms with Crippen molar-refractivity contribution < 1.29 is 13.2 Å². The van der Waals surface area contributed by atoms with Crippen LogP contribution >= 0.6 is 11.8 Å². The van der Waals surface area contributed by atoms with Gasteiger partial charge in [-0.05, 0) is 66.8 Å². The maximum absolute atomic E-state index is 13.4. The van der Waals surface area contributed by atoms with Crippen molar-refractivity contribution in [3.8, 4) is 5.69 Å². The molecule has 0 saturated carbocycles. The summed E-state index contributed by atoms with van der Waals surface area (Å²) in [5, 5.41) is 8.96. The van der Waals surface area contributed by atoms with Crippen LogP contribution in [-0.4, -0.2) is 36.2 Å². The van der Waals surface area contributed by atoms with Gasteiger partial charge in [0.05, 0.1) is 27.2 Å². The van der Waals surface area contributed by atoms with Gasteiger partial charge in [0.25, 0.3) is 5.56 Å². The fraction of sp³-hybridized carbons (Fsp3) is 0.250. The number of thioether (sulfide) groups is 1. The third kappa shape index (κ3) is 6.89. The SMILES string of the molecule is CCCCc1ccc(-n2c(SCC(=O)NCCc3ccc(S(N)(=O)=O)cc3)nc3ccccc3c2=O)cc1. The average Bonchev–Trinajstić information content (AvgIpc) is 2.91. The van der Waals surface area contributed by atoms with Crippen LogP contribution in [0.3, 0.4) is 0 Å². The van der Waals surface area contributed by atoms with E-state index in [-0.39, 0.29) is 22.1 Å². The van der Waals surface area contributed by atoms with Gasteiger partial charge in [-0.3, -0.25) is 14.2 Å². The Hall–Kier alpha value is -3.47. The first-order valence-electron chi connectivity index (χ1n) is 12.4. The number of aryl methyl sites for hydroxylation is 1. The summed E-state index contributed by atoms with van der Waals surface area (Å²) in [6.45, 7) is 2.54. The lowest BCUT2D eigenvalue weighted by Gasteiger charge is -2.14. The molecule has 3 N–H and O–H groups in total. The summed E-state index contributed by atoms with van der Waals surface area (Å²) >= 11 is 1.21. The van der Waals surface area contributed by atoms with E-state index in [1.807, 2.05) is 36.4 Å². The number of benzene rings is 3. The number of hydrogen-bond acceptors (Lipinski definition) is 6. The zero-order valence-electron chi connectivity index (χ0n) is 21.1. The van der Waals surface area contributed by atoms with Crippen molar-refractivity contribution in [3.05, 3.63) is 94.3 Å². The van der Waals surface area contributed by atoms with Crippen molar-refractivity contribution in [1.29, 1.82) is 0 Å². The van der Waals surface area contributed by atoms with E-state index in [4.69, 9.17) is 10.1 Å². The molecule has 10 heteroatoms. The summed E-state index contributed by atoms with van der Waals surface area (Å²) < 4.78 is 24.3. The summed E-state index contributed by atoms with van der Waals surface area (Å²) in [6, 6.07) is 21.3. The average molecular weight is 551 g/mol. The zero-order valence-corrected chi connectivity index (χ0v) is 22.7. The van der Waals surface area contributed by atoms with Crippen LogP contribution in [0.25, 0.3) is 16.6 Å². The fourth-order valence-electron chi connectivity index (χ4n) is 4.00. The Morgan fingerprint density at radius 1 is 0.974 bits per heavy atom. The molecule has 1 aromatic heterocycles. The van der Waals surface area contributed by atoms with Crippen molar-refractivity contribution in [3.63, 3.8) is 0 Å². The molecule has 1 heterocycles. The van der Waals surface area contributed by atoms with Crippen molar-refractivity contribution >= 4 is 38.6 Å². The number of carbonyl (C=O) groups excluding carboxylic acids is 1. The van der Waals surface area contributed by atoms with Crippen molar-refractivity contribution in [1.82, 2.24) is 14.9 Å². The molecule has 0 fully saturated rings. The number of nitrogens with two attached hydrogens (primary N) is 1. The minimum atomic E-state index is -3.74. The maximum Gasteiger partial charge on any atom is 0.266 e. The lowest BCUT2D eigenvalue weighted by atomic mass is 10.1. The summed E-state index contributed by atoms with van der Waals surface area (Å²) in [6.07, 6.45) is 3.74. The van der Waals surface area contributed by atoms with E-state index in [9.17, 15) is 18.0 Å². The van der Waals surface area contributed by atoms with Gasteiger partial charge in [0, 0.05) is 6.54 Å². The zero-order chi connectivity index (χ0) is 27.1. The van der Waals surface area contributed by atoms with Crippen molar-refractivity contribution in [2.45, 2.75) is 42.7 Å². The predicted molar refractivity (Wildman–Crippen MR) is 151 cm³/mol. The van der Waals surface area contributed by atoms with Gasteiger partial charge in [-0.2, -0.15) is 0 Å². The molecule has 0 aliphatic heterocycles. The molecule has 3 aromatic carbocycles. The van der Waals surface area contributed by atoms with E-state index in [1.165, 1.54) is 29.5 Å². The lowest BCUT2D eigenvalue weighted by molar-refractivity contribution is -0.118. The van der Waals surface area contributed by atoms with E-state index in [2.05, 4.69) is 12.2 Å². The number of nitrogens with zero attached hydrogens (tertiary/aromatic N) is 2. The summed E-state index contributed by atoms with van der Waals surface area (Å²) in [5.74, 6) is -0.107. The van der Waals surface area contributed by atoms with Crippen LogP contribution in [0.5, 0.6) is 0 Å². The van der Waals surface area contributed by atoms with E-state index in [0.29, 0.717) is 34.7 Å². The molecule has 0 radical (unpaired) electrons. The predicted octanol–water partition coefficient (Wildman–Crippen LogP) is 3.83. The second-order valence-electron chi connectivity index (χ2n) is 8.90. The number of unbranched alkanes of at least 4 members (excludes halogenated alkanes) is 1. The molecule has 38 heavy (non-hydrogen) atoms. The van der Waals surface area contributed by atoms with Crippen LogP contribution in [0.15, 0.2) is 87.6 Å². The van der Waals surface area contributed by atoms with Gasteiger partial charge < -0.3 is 5.32 Å². The highest BCUT2D eigenvalue weighted by Crippen LogP contribution is 2.22. The molecule has 0 saturated heterocycles. The molecule has 4 aromatic rings. The maximum atomic E-state index is 13.4. The van der Waals surface area contributed by atoms with E-state index in [1.54, 1.807) is 28.8 Å². The number of hydrogen-bond donors (Lipinski definition) is 2. The molecule has 0 unspecified atom stereocenters. The molecule has 1 amide bonds. The first-order valence-corrected chi connectivity index (χ1v) is 14.9. The second kappa shape index (κ2) is 12.4. The highest BCUT2D eigenvalue weighted by Gasteiger charge is 2.15. The monoisotopic (exact) mass is 550 g/mol. The number of carbonyl (C=O) groups is 1. The first-order chi connectivity index (χ1) is 18.3. The van der Waals surface area contributed by atoms with Crippen LogP contribution < -0.4 is 16.0 Å². The van der Waals surface area contributed by atoms with Crippen LogP contribution in [0.1, 0.15) is 30.9 Å². The molecule has 198 valence electrons. The number of fused-ring (bicyclic) bond motifs is 1. The number of primary sulfonamides is 1. The Balaban J connectivity index is 1.46. The Morgan fingerprint density at radius 3 is 2.32 bits per heavy atom. The molecule has 0 aliphatic carbocycles. The van der Waals surface area contributed by atoms with Gasteiger partial charge in [-0.25, -0.2) is 18.5 Å². The molecular formula is C28H30N4O4S2. The molecule has 8 nitrogen and oxygen atoms in total. The van der Waals surface area contributed by atoms with Crippen LogP contribution in [-0.2, 0) is 27.7 Å². The van der Waals surface area contributed by atoms with Crippen LogP contribution in [0.2, 0.25) is 0 Å². The minimum Gasteiger partial charge on any atom is -0.355 e. The standard InChI is InChI=1S/C28H30N4O4S2/c1-2-3-6-20-9-13-22(14-10-20)32-27(34)24-7-4-5-8-25(24)31-28(32)37-19-26(33)30-18-17-21-11-15-23(16-12-21)38(29,35)36/h4-5,7-16H,2-3,6,17-19H2,1H3,(H,30,33)(H2,29,35,36). The number of amides is 1. The van der Waals surface area contributed by atoms with Gasteiger partial charge >= 0.3 is 0 Å². The van der Waals surface area contributed by atoms with E-state index in [0.717, 1.165) is 24.8 Å². The van der Waals surface area contributed by atoms with Crippen molar-refractivity contribution in [2.75, 3.05) is 12.3 Å². The number of para-hydroxylation sites is 1. The summed E-state index contributed by atoms with van der Waals surface area (Å²) in [7, 11) is -3.74. The van der Waals surface area contributed by atoms with E-state index >= 15 is 0 Å². The van der Waals surface area contributed by atoms with E-state index < -0.39 is 10.0 Å². The molecule has 4 rings (SSSR count). The number of aromatic nitrogens is 2. The summed E-state index contributed by atoms with van der Waals surface area (Å²) in [4.78, 5) is 30.8. The third-order valence-corrected chi connectivity index (χ3v) is 7.95. The number of sulfonamides is 1. The molecule has 0 aliphatic rings. The highest BCUT2D eigenvalue weighted by atomic mass is 32.2. The Bertz CT molecular complexity index is 1580. The lowest BCUT2D eigenvalue weighted by Crippen LogP contribution is -2.28. The van der Waals surface area contributed by atoms with Gasteiger partial charge in [-0.1, -0.05) is 61.5 Å². The van der Waals surface area contributed by atoms with Crippen LogP contribution in [0, 0.1) is 0 Å². The quantitative estimate of drug-likeness (QED) is 0.216. The topological polar surface area (TPSA) is 124 Å². The Labute approximate surface area is 226 Å². The fourth-order valence-corrected chi connectivity index (χ4v) is 5.36. The van der Waals surface area contributed by atoms with Gasteiger partial charge in [0.1, 0.15) is 0 Å². The van der Waals surface area contributed by atoms with Crippen molar-refractivity contribution in [2.24, 2.45) is 5.14 Å². The normalized spacial score (nSPS) is 11.5. The Kier molecular flexibility index (Phi) is 8.98. The second-order valence-corrected chi connectivity index (χ2v) is 11.4. The van der Waals surface area contributed by atoms with Crippen LogP contribution in [0.4, 0.5) is 0 Å². The van der Waals surface area contributed by atoms with Gasteiger partial charge in [0.15, 0.2) is 5.16 Å². The van der Waals surface area contributed by atoms with Gasteiger partial charge in [-0.15, -0.1) is 0 Å². The molecule has 0 spiro atoms. The number of rotatable bonds is 11. The first kappa shape index (κ1) is 27.6. The highest BCUT2D eigenvalue weighted by molar-refractivity contribution is 7.99. The minimum absolute atomic E-state index is 0.0474.